The molecule has 2 saturated heterocycles. The Labute approximate surface area is 175 Å². The fourth-order valence-corrected chi connectivity index (χ4v) is 6.71. The number of hydrogen-bond donors (Lipinski definition) is 2. The number of quaternary nitrogens is 1. The van der Waals surface area contributed by atoms with Gasteiger partial charge in [0.05, 0.1) is 5.69 Å². The number of carbonyl (C=O) groups is 3. The van der Waals surface area contributed by atoms with Gasteiger partial charge in [0, 0.05) is 18.0 Å². The van der Waals surface area contributed by atoms with Gasteiger partial charge in [-0.1, -0.05) is 31.0 Å². The summed E-state index contributed by atoms with van der Waals surface area (Å²) in [5.41, 5.74) is 1.67. The third-order valence-corrected chi connectivity index (χ3v) is 8.14. The van der Waals surface area contributed by atoms with E-state index in [9.17, 15) is 14.4 Å². The van der Waals surface area contributed by atoms with Crippen LogP contribution >= 0.6 is 11.8 Å². The summed E-state index contributed by atoms with van der Waals surface area (Å²) in [4.78, 5) is 42.2. The number of nitrogens with zero attached hydrogens (tertiary/aromatic N) is 1. The number of carbonyl (C=O) groups excluding carboxylic acids is 3. The van der Waals surface area contributed by atoms with E-state index >= 15 is 0 Å². The molecule has 154 valence electrons. The van der Waals surface area contributed by atoms with E-state index in [0.717, 1.165) is 54.7 Å². The highest BCUT2D eigenvalue weighted by Gasteiger charge is 2.74. The molecule has 0 radical (unpaired) electrons. The maximum absolute atomic E-state index is 13.7. The van der Waals surface area contributed by atoms with E-state index in [-0.39, 0.29) is 29.8 Å². The molecule has 3 aliphatic heterocycles. The molecule has 29 heavy (non-hydrogen) atoms. The monoisotopic (exact) mass is 414 g/mol. The van der Waals surface area contributed by atoms with Gasteiger partial charge in [0.2, 0.25) is 17.4 Å². The normalized spacial score (nSPS) is 33.7. The molecule has 3 N–H and O–H groups in total. The van der Waals surface area contributed by atoms with Gasteiger partial charge in [-0.2, -0.15) is 11.8 Å². The second-order valence-corrected chi connectivity index (χ2v) is 9.91. The van der Waals surface area contributed by atoms with Crippen molar-refractivity contribution in [3.8, 4) is 0 Å². The van der Waals surface area contributed by atoms with E-state index in [1.54, 1.807) is 16.7 Å². The van der Waals surface area contributed by atoms with Gasteiger partial charge in [0.25, 0.3) is 5.91 Å². The highest BCUT2D eigenvalue weighted by atomic mass is 32.2. The largest absolute Gasteiger partial charge is 0.326 e. The van der Waals surface area contributed by atoms with Gasteiger partial charge in [0.15, 0.2) is 0 Å². The SMILES string of the molecule is CSCC[C@H]1[NH2+][C@@]2(C(=O)Nc3c(C)cccc32)[C@@H]2C(=O)N(C3CCCC3)C(=O)[C@@H]21. The van der Waals surface area contributed by atoms with E-state index in [4.69, 9.17) is 0 Å². The summed E-state index contributed by atoms with van der Waals surface area (Å²) in [5, 5.41) is 5.11. The van der Waals surface area contributed by atoms with Crippen molar-refractivity contribution in [2.45, 2.75) is 56.7 Å². The molecule has 7 heteroatoms. The van der Waals surface area contributed by atoms with Crippen LogP contribution in [0.5, 0.6) is 0 Å². The second kappa shape index (κ2) is 6.84. The first-order valence-corrected chi connectivity index (χ1v) is 12.0. The van der Waals surface area contributed by atoms with E-state index in [2.05, 4.69) is 16.9 Å². The van der Waals surface area contributed by atoms with E-state index in [1.807, 2.05) is 25.1 Å². The average Bonchev–Trinajstić information content (AvgIpc) is 3.44. The Morgan fingerprint density at radius 1 is 1.21 bits per heavy atom. The maximum atomic E-state index is 13.7. The van der Waals surface area contributed by atoms with Crippen molar-refractivity contribution < 1.29 is 19.7 Å². The number of likely N-dealkylation sites (tertiary alicyclic amines) is 1. The number of anilines is 1. The molecule has 1 saturated carbocycles. The second-order valence-electron chi connectivity index (χ2n) is 8.92. The van der Waals surface area contributed by atoms with Crippen LogP contribution in [0.3, 0.4) is 0 Å². The Bertz CT molecular complexity index is 897. The number of benzene rings is 1. The zero-order valence-electron chi connectivity index (χ0n) is 16.9. The Hall–Kier alpha value is -1.86. The lowest BCUT2D eigenvalue weighted by Gasteiger charge is -2.28. The summed E-state index contributed by atoms with van der Waals surface area (Å²) >= 11 is 1.74. The smallest absolute Gasteiger partial charge is 0.291 e. The van der Waals surface area contributed by atoms with Crippen LogP contribution in [0.4, 0.5) is 5.69 Å². The standard InChI is InChI=1S/C22H27N3O3S/c1-12-6-5-9-14-18(12)23-21(28)22(14)17-16(15(24-22)10-11-29-2)19(26)25(20(17)27)13-7-3-4-8-13/h5-6,9,13,15-17,24H,3-4,7-8,10-11H2,1-2H3,(H,23,28)/p+1/t15-,16-,17+,22-/m1/s1. The molecule has 0 aromatic heterocycles. The van der Waals surface area contributed by atoms with Gasteiger partial charge in [-0.15, -0.1) is 0 Å². The Balaban J connectivity index is 1.63. The number of aryl methyl sites for hydroxylation is 1. The molecule has 1 spiro atoms. The molecule has 4 aliphatic rings. The highest BCUT2D eigenvalue weighted by molar-refractivity contribution is 7.98. The lowest BCUT2D eigenvalue weighted by Crippen LogP contribution is -2.99. The van der Waals surface area contributed by atoms with Gasteiger partial charge in [0.1, 0.15) is 17.9 Å². The lowest BCUT2D eigenvalue weighted by molar-refractivity contribution is -0.733. The molecule has 0 unspecified atom stereocenters. The van der Waals surface area contributed by atoms with Gasteiger partial charge < -0.3 is 10.6 Å². The first-order valence-electron chi connectivity index (χ1n) is 10.6. The summed E-state index contributed by atoms with van der Waals surface area (Å²) in [7, 11) is 0. The predicted molar refractivity (Wildman–Crippen MR) is 111 cm³/mol. The number of fused-ring (bicyclic) bond motifs is 4. The number of nitrogens with two attached hydrogens (primary N) is 1. The van der Waals surface area contributed by atoms with Crippen molar-refractivity contribution in [2.24, 2.45) is 11.8 Å². The van der Waals surface area contributed by atoms with E-state index < -0.39 is 17.4 Å². The van der Waals surface area contributed by atoms with Gasteiger partial charge in [-0.25, -0.2) is 0 Å². The Kier molecular flexibility index (Phi) is 4.51. The summed E-state index contributed by atoms with van der Waals surface area (Å²) in [6.07, 6.45) is 6.78. The van der Waals surface area contributed by atoms with Crippen molar-refractivity contribution in [3.63, 3.8) is 0 Å². The minimum Gasteiger partial charge on any atom is -0.326 e. The average molecular weight is 415 g/mol. The van der Waals surface area contributed by atoms with Crippen molar-refractivity contribution >= 4 is 35.2 Å². The third-order valence-electron chi connectivity index (χ3n) is 7.49. The fourth-order valence-electron chi connectivity index (χ4n) is 6.20. The van der Waals surface area contributed by atoms with Crippen LogP contribution < -0.4 is 10.6 Å². The first-order chi connectivity index (χ1) is 14.0. The zero-order valence-corrected chi connectivity index (χ0v) is 17.8. The number of hydrogen-bond acceptors (Lipinski definition) is 4. The fraction of sp³-hybridized carbons (Fsp3) is 0.591. The molecule has 6 nitrogen and oxygen atoms in total. The van der Waals surface area contributed by atoms with Crippen molar-refractivity contribution in [1.29, 1.82) is 0 Å². The molecule has 0 bridgehead atoms. The molecule has 1 aliphatic carbocycles. The third kappa shape index (κ3) is 2.49. The molecular formula is C22H28N3O3S+. The molecule has 3 heterocycles. The maximum Gasteiger partial charge on any atom is 0.291 e. The molecule has 3 fully saturated rings. The lowest BCUT2D eigenvalue weighted by atomic mass is 9.76. The van der Waals surface area contributed by atoms with Crippen LogP contribution in [-0.4, -0.2) is 46.7 Å². The highest BCUT2D eigenvalue weighted by Crippen LogP contribution is 2.51. The van der Waals surface area contributed by atoms with Crippen molar-refractivity contribution in [3.05, 3.63) is 29.3 Å². The topological polar surface area (TPSA) is 83.1 Å². The summed E-state index contributed by atoms with van der Waals surface area (Å²) in [6, 6.07) is 5.85. The van der Waals surface area contributed by atoms with Crippen LogP contribution in [0.2, 0.25) is 0 Å². The predicted octanol–water partition coefficient (Wildman–Crippen LogP) is 1.38. The number of rotatable bonds is 4. The van der Waals surface area contributed by atoms with Gasteiger partial charge in [-0.05, 0) is 37.3 Å². The van der Waals surface area contributed by atoms with E-state index in [1.165, 1.54) is 0 Å². The summed E-state index contributed by atoms with van der Waals surface area (Å²) in [6.45, 7) is 1.97. The molecule has 4 atom stereocenters. The number of amides is 3. The van der Waals surface area contributed by atoms with Crippen LogP contribution in [0.15, 0.2) is 18.2 Å². The van der Waals surface area contributed by atoms with Gasteiger partial charge >= 0.3 is 0 Å². The molecule has 1 aromatic carbocycles. The quantitative estimate of drug-likeness (QED) is 0.730. The number of para-hydroxylation sites is 1. The minimum atomic E-state index is -1.02. The van der Waals surface area contributed by atoms with E-state index in [0.29, 0.717) is 0 Å². The minimum absolute atomic E-state index is 0.0142. The summed E-state index contributed by atoms with van der Waals surface area (Å²) in [5.74, 6) is -0.414. The van der Waals surface area contributed by atoms with Crippen LogP contribution in [0.25, 0.3) is 0 Å². The summed E-state index contributed by atoms with van der Waals surface area (Å²) < 4.78 is 0. The van der Waals surface area contributed by atoms with Crippen LogP contribution in [0, 0.1) is 18.8 Å². The van der Waals surface area contributed by atoms with Crippen LogP contribution in [-0.2, 0) is 19.9 Å². The number of thioether (sulfide) groups is 1. The van der Waals surface area contributed by atoms with Gasteiger partial charge in [-0.3, -0.25) is 19.3 Å². The zero-order chi connectivity index (χ0) is 20.3. The molecule has 3 amide bonds. The van der Waals surface area contributed by atoms with Crippen molar-refractivity contribution in [1.82, 2.24) is 4.90 Å². The molecular weight excluding hydrogens is 386 g/mol. The Morgan fingerprint density at radius 2 is 1.97 bits per heavy atom. The number of imide groups is 1. The first kappa shape index (κ1) is 19.1. The van der Waals surface area contributed by atoms with Crippen LogP contribution in [0.1, 0.15) is 43.2 Å². The number of nitrogens with one attached hydrogen (secondary N) is 1. The Morgan fingerprint density at radius 3 is 2.69 bits per heavy atom. The molecule has 5 rings (SSSR count). The molecule has 1 aromatic rings. The van der Waals surface area contributed by atoms with Crippen molar-refractivity contribution in [2.75, 3.05) is 17.3 Å².